The summed E-state index contributed by atoms with van der Waals surface area (Å²) in [5, 5.41) is 1.21. The Morgan fingerprint density at radius 1 is 0.806 bits per heavy atom. The van der Waals surface area contributed by atoms with Crippen molar-refractivity contribution in [2.75, 3.05) is 7.11 Å². The second-order valence-electron chi connectivity index (χ2n) is 8.20. The molecule has 31 heavy (non-hydrogen) atoms. The first-order chi connectivity index (χ1) is 14.5. The van der Waals surface area contributed by atoms with E-state index in [2.05, 4.69) is 6.92 Å². The molecular weight excluding hydrogens is 419 g/mol. The average molecular weight is 457 g/mol. The maximum Gasteiger partial charge on any atom is 1.00 e. The maximum atomic E-state index is 11.7. The predicted molar refractivity (Wildman–Crippen MR) is 123 cm³/mol. The molecule has 2 aromatic rings. The maximum absolute atomic E-state index is 11.7. The van der Waals surface area contributed by atoms with E-state index in [0.29, 0.717) is 11.1 Å². The van der Waals surface area contributed by atoms with Crippen molar-refractivity contribution in [3.05, 3.63) is 35.9 Å². The van der Waals surface area contributed by atoms with E-state index in [9.17, 15) is 13.0 Å². The number of fused-ring (bicyclic) bond motifs is 1. The van der Waals surface area contributed by atoms with Gasteiger partial charge in [-0.3, -0.25) is 0 Å². The number of aryl methyl sites for hydroxylation is 1. The first-order valence-corrected chi connectivity index (χ1v) is 12.9. The number of unbranched alkanes of at least 4 members (excludes halogenated alkanes) is 11. The third-order valence-corrected chi connectivity index (χ3v) is 6.72. The van der Waals surface area contributed by atoms with E-state index in [0.717, 1.165) is 23.8 Å². The van der Waals surface area contributed by atoms with Crippen LogP contribution in [0.5, 0.6) is 5.75 Å². The topological polar surface area (TPSA) is 66.4 Å². The van der Waals surface area contributed by atoms with Crippen molar-refractivity contribution in [1.29, 1.82) is 0 Å². The predicted octanol–water partition coefficient (Wildman–Crippen LogP) is 4.00. The minimum absolute atomic E-state index is 0. The molecule has 0 heterocycles. The van der Waals surface area contributed by atoms with Gasteiger partial charge in [0.05, 0.1) is 12.0 Å². The largest absolute Gasteiger partial charge is 1.00 e. The zero-order valence-corrected chi connectivity index (χ0v) is 22.4. The van der Waals surface area contributed by atoms with Crippen molar-refractivity contribution < 1.29 is 47.3 Å². The van der Waals surface area contributed by atoms with E-state index < -0.39 is 10.1 Å². The molecule has 0 amide bonds. The second-order valence-corrected chi connectivity index (χ2v) is 9.55. The van der Waals surface area contributed by atoms with Crippen LogP contribution in [-0.2, 0) is 16.5 Å². The Kier molecular flexibility index (Phi) is 14.0. The van der Waals surface area contributed by atoms with Gasteiger partial charge in [-0.15, -0.1) is 0 Å². The van der Waals surface area contributed by atoms with Gasteiger partial charge in [-0.2, -0.15) is 0 Å². The molecule has 6 heteroatoms. The van der Waals surface area contributed by atoms with Gasteiger partial charge in [-0.1, -0.05) is 95.8 Å². The first kappa shape index (κ1) is 28.4. The molecule has 4 nitrogen and oxygen atoms in total. The Bertz CT molecular complexity index is 880. The standard InChI is InChI=1S/C25H38O4S.Na/c1-3-4-5-6-7-8-9-10-11-12-13-14-16-21-19-20-24(30(26,27)28)25-22(21)17-15-18-23(25)29-2;/h15,17-20H,3-14,16H2,1-2H3,(H,26,27,28);/q;+1/p-1. The van der Waals surface area contributed by atoms with Crippen LogP contribution in [0.3, 0.4) is 0 Å². The van der Waals surface area contributed by atoms with Gasteiger partial charge < -0.3 is 9.29 Å². The van der Waals surface area contributed by atoms with Crippen molar-refractivity contribution in [1.82, 2.24) is 0 Å². The van der Waals surface area contributed by atoms with Gasteiger partial charge in [0, 0.05) is 5.39 Å². The van der Waals surface area contributed by atoms with Crippen LogP contribution in [0.1, 0.15) is 89.5 Å². The summed E-state index contributed by atoms with van der Waals surface area (Å²) in [6, 6.07) is 8.63. The normalized spacial score (nSPS) is 11.5. The SMILES string of the molecule is CCCCCCCCCCCCCCc1ccc(S(=O)(=O)[O-])c2c(OC)cccc12.[Na+]. The molecule has 0 aromatic heterocycles. The molecule has 0 bridgehead atoms. The molecule has 0 atom stereocenters. The smallest absolute Gasteiger partial charge is 0.744 e. The summed E-state index contributed by atoms with van der Waals surface area (Å²) in [6.45, 7) is 2.26. The molecule has 0 aliphatic carbocycles. The van der Waals surface area contributed by atoms with Crippen LogP contribution in [0.25, 0.3) is 10.8 Å². The number of rotatable bonds is 15. The Morgan fingerprint density at radius 2 is 1.35 bits per heavy atom. The zero-order valence-electron chi connectivity index (χ0n) is 19.6. The van der Waals surface area contributed by atoms with Crippen molar-refractivity contribution in [3.63, 3.8) is 0 Å². The van der Waals surface area contributed by atoms with E-state index in [1.54, 1.807) is 12.1 Å². The molecule has 0 spiro atoms. The van der Waals surface area contributed by atoms with Gasteiger partial charge in [-0.05, 0) is 35.9 Å². The molecule has 0 aliphatic rings. The van der Waals surface area contributed by atoms with Gasteiger partial charge in [0.25, 0.3) is 0 Å². The molecule has 0 N–H and O–H groups in total. The number of ether oxygens (including phenoxy) is 1. The summed E-state index contributed by atoms with van der Waals surface area (Å²) >= 11 is 0. The Morgan fingerprint density at radius 3 is 1.87 bits per heavy atom. The molecule has 0 saturated heterocycles. The Hall–Kier alpha value is -0.590. The van der Waals surface area contributed by atoms with E-state index in [4.69, 9.17) is 4.74 Å². The van der Waals surface area contributed by atoms with Crippen LogP contribution in [0.15, 0.2) is 35.2 Å². The summed E-state index contributed by atoms with van der Waals surface area (Å²) in [6.07, 6.45) is 16.5. The van der Waals surface area contributed by atoms with E-state index in [1.807, 2.05) is 12.1 Å². The van der Waals surface area contributed by atoms with E-state index in [1.165, 1.54) is 83.8 Å². The summed E-state index contributed by atoms with van der Waals surface area (Å²) in [5.74, 6) is 0.429. The van der Waals surface area contributed by atoms with Gasteiger partial charge in [0.2, 0.25) is 0 Å². The van der Waals surface area contributed by atoms with Gasteiger partial charge in [0.1, 0.15) is 15.9 Å². The molecule has 2 rings (SSSR count). The molecule has 0 aliphatic heterocycles. The van der Waals surface area contributed by atoms with Crippen LogP contribution >= 0.6 is 0 Å². The monoisotopic (exact) mass is 456 g/mol. The number of benzene rings is 2. The van der Waals surface area contributed by atoms with Crippen LogP contribution < -0.4 is 34.3 Å². The van der Waals surface area contributed by atoms with Gasteiger partial charge in [0.15, 0.2) is 0 Å². The molecule has 0 saturated carbocycles. The fraction of sp³-hybridized carbons (Fsp3) is 0.600. The summed E-state index contributed by atoms with van der Waals surface area (Å²) < 4.78 is 40.4. The van der Waals surface area contributed by atoms with Gasteiger partial charge in [-0.25, -0.2) is 8.42 Å². The molecule has 2 aromatic carbocycles. The number of hydrogen-bond acceptors (Lipinski definition) is 4. The van der Waals surface area contributed by atoms with Crippen LogP contribution in [-0.4, -0.2) is 20.1 Å². The first-order valence-electron chi connectivity index (χ1n) is 11.5. The zero-order chi connectivity index (χ0) is 21.8. The van der Waals surface area contributed by atoms with E-state index in [-0.39, 0.29) is 34.5 Å². The quantitative estimate of drug-likeness (QED) is 0.231. The third-order valence-electron chi connectivity index (χ3n) is 5.84. The fourth-order valence-corrected chi connectivity index (χ4v) is 4.85. The van der Waals surface area contributed by atoms with Crippen LogP contribution in [0.4, 0.5) is 0 Å². The minimum Gasteiger partial charge on any atom is -0.744 e. The number of methoxy groups -OCH3 is 1. The van der Waals surface area contributed by atoms with Crippen molar-refractivity contribution in [2.45, 2.75) is 95.3 Å². The van der Waals surface area contributed by atoms with Crippen molar-refractivity contribution in [2.24, 2.45) is 0 Å². The summed E-state index contributed by atoms with van der Waals surface area (Å²) in [4.78, 5) is -0.201. The summed E-state index contributed by atoms with van der Waals surface area (Å²) in [5.41, 5.74) is 1.07. The third kappa shape index (κ3) is 9.43. The second kappa shape index (κ2) is 15.3. The molecule has 0 radical (unpaired) electrons. The number of hydrogen-bond donors (Lipinski definition) is 0. The Balaban J connectivity index is 0.00000480. The fourth-order valence-electron chi connectivity index (χ4n) is 4.16. The van der Waals surface area contributed by atoms with Crippen LogP contribution in [0, 0.1) is 0 Å². The van der Waals surface area contributed by atoms with Gasteiger partial charge >= 0.3 is 29.6 Å². The molecule has 168 valence electrons. The average Bonchev–Trinajstić information content (AvgIpc) is 2.73. The van der Waals surface area contributed by atoms with Crippen LogP contribution in [0.2, 0.25) is 0 Å². The minimum atomic E-state index is -4.56. The molecule has 0 unspecified atom stereocenters. The van der Waals surface area contributed by atoms with Crippen molar-refractivity contribution >= 4 is 20.9 Å². The molecular formula is C25H37NaO4S. The van der Waals surface area contributed by atoms with Crippen molar-refractivity contribution in [3.8, 4) is 5.75 Å². The Labute approximate surface area is 211 Å². The summed E-state index contributed by atoms with van der Waals surface area (Å²) in [7, 11) is -3.06. The van der Waals surface area contributed by atoms with E-state index >= 15 is 0 Å². The molecule has 0 fully saturated rings.